The van der Waals surface area contributed by atoms with E-state index in [0.29, 0.717) is 24.2 Å². The lowest BCUT2D eigenvalue weighted by Crippen LogP contribution is -2.41. The Morgan fingerprint density at radius 2 is 1.96 bits per heavy atom. The molecule has 1 aromatic carbocycles. The Balaban J connectivity index is 0.00000243. The first-order valence-corrected chi connectivity index (χ1v) is 8.58. The number of pyridine rings is 1. The standard InChI is InChI=1S/C19H23FN4O.HI/c1-21-19(24-16-4-2-3-5-16)23-13-14-10-11-22-18(12-14)25-17-8-6-15(20)7-9-17;/h6-12,16H,2-5,13H2,1H3,(H2,21,23,24);1H. The number of aromatic nitrogens is 1. The molecule has 1 aromatic heterocycles. The summed E-state index contributed by atoms with van der Waals surface area (Å²) in [5.74, 6) is 1.55. The van der Waals surface area contributed by atoms with Crippen LogP contribution in [0, 0.1) is 5.82 Å². The van der Waals surface area contributed by atoms with Crippen molar-refractivity contribution in [3.63, 3.8) is 0 Å². The summed E-state index contributed by atoms with van der Waals surface area (Å²) in [7, 11) is 1.78. The van der Waals surface area contributed by atoms with Gasteiger partial charge in [-0.25, -0.2) is 9.37 Å². The summed E-state index contributed by atoms with van der Waals surface area (Å²) in [6.45, 7) is 0.620. The minimum absolute atomic E-state index is 0. The predicted molar refractivity (Wildman–Crippen MR) is 112 cm³/mol. The van der Waals surface area contributed by atoms with Crippen molar-refractivity contribution in [1.82, 2.24) is 15.6 Å². The molecule has 2 N–H and O–H groups in total. The summed E-state index contributed by atoms with van der Waals surface area (Å²) in [6, 6.07) is 10.2. The van der Waals surface area contributed by atoms with E-state index in [-0.39, 0.29) is 29.8 Å². The Morgan fingerprint density at radius 1 is 1.23 bits per heavy atom. The molecular formula is C19H24FIN4O. The quantitative estimate of drug-likeness (QED) is 0.390. The summed E-state index contributed by atoms with van der Waals surface area (Å²) >= 11 is 0. The van der Waals surface area contributed by atoms with Crippen molar-refractivity contribution in [3.8, 4) is 11.6 Å². The first-order valence-electron chi connectivity index (χ1n) is 8.58. The number of halogens is 2. The highest BCUT2D eigenvalue weighted by Crippen LogP contribution is 2.20. The number of nitrogens with zero attached hydrogens (tertiary/aromatic N) is 2. The molecule has 1 saturated carbocycles. The van der Waals surface area contributed by atoms with Crippen molar-refractivity contribution in [2.45, 2.75) is 38.3 Å². The molecule has 5 nitrogen and oxygen atoms in total. The lowest BCUT2D eigenvalue weighted by Gasteiger charge is -2.17. The van der Waals surface area contributed by atoms with Gasteiger partial charge in [0.2, 0.25) is 5.88 Å². The molecule has 0 atom stereocenters. The average molecular weight is 470 g/mol. The fourth-order valence-electron chi connectivity index (χ4n) is 2.88. The summed E-state index contributed by atoms with van der Waals surface area (Å²) < 4.78 is 18.6. The zero-order valence-electron chi connectivity index (χ0n) is 14.7. The van der Waals surface area contributed by atoms with E-state index in [9.17, 15) is 4.39 Å². The number of ether oxygens (including phenoxy) is 1. The fraction of sp³-hybridized carbons (Fsp3) is 0.368. The van der Waals surface area contributed by atoms with Gasteiger partial charge in [0.25, 0.3) is 0 Å². The van der Waals surface area contributed by atoms with Gasteiger partial charge in [-0.05, 0) is 48.7 Å². The normalized spacial score (nSPS) is 14.6. The Labute approximate surface area is 170 Å². The summed E-state index contributed by atoms with van der Waals surface area (Å²) in [5, 5.41) is 6.77. The molecule has 140 valence electrons. The predicted octanol–water partition coefficient (Wildman–Crippen LogP) is 4.24. The SMILES string of the molecule is CN=C(NCc1ccnc(Oc2ccc(F)cc2)c1)NC1CCCC1.I. The third-order valence-corrected chi connectivity index (χ3v) is 4.21. The molecule has 1 heterocycles. The first-order chi connectivity index (χ1) is 12.2. The molecule has 1 aliphatic rings. The molecule has 3 rings (SSSR count). The van der Waals surface area contributed by atoms with Crippen molar-refractivity contribution in [1.29, 1.82) is 0 Å². The third-order valence-electron chi connectivity index (χ3n) is 4.21. The second-order valence-electron chi connectivity index (χ2n) is 6.11. The largest absolute Gasteiger partial charge is 0.439 e. The summed E-state index contributed by atoms with van der Waals surface area (Å²) in [5.41, 5.74) is 1.03. The van der Waals surface area contributed by atoms with Crippen LogP contribution in [0.2, 0.25) is 0 Å². The van der Waals surface area contributed by atoms with Crippen molar-refractivity contribution in [3.05, 3.63) is 54.0 Å². The van der Waals surface area contributed by atoms with Gasteiger partial charge in [-0.2, -0.15) is 0 Å². The second kappa shape index (κ2) is 10.3. The maximum atomic E-state index is 12.9. The summed E-state index contributed by atoms with van der Waals surface area (Å²) in [4.78, 5) is 8.47. The van der Waals surface area contributed by atoms with Gasteiger partial charge in [-0.15, -0.1) is 24.0 Å². The van der Waals surface area contributed by atoms with Gasteiger partial charge in [0, 0.05) is 31.9 Å². The molecule has 0 aliphatic heterocycles. The average Bonchev–Trinajstić information content (AvgIpc) is 3.14. The van der Waals surface area contributed by atoms with Crippen LogP contribution in [0.3, 0.4) is 0 Å². The molecule has 0 radical (unpaired) electrons. The highest BCUT2D eigenvalue weighted by Gasteiger charge is 2.15. The third kappa shape index (κ3) is 6.12. The lowest BCUT2D eigenvalue weighted by atomic mass is 10.2. The minimum Gasteiger partial charge on any atom is -0.439 e. The molecular weight excluding hydrogens is 446 g/mol. The van der Waals surface area contributed by atoms with Crippen LogP contribution in [0.15, 0.2) is 47.6 Å². The number of aliphatic imine (C=N–C) groups is 1. The molecule has 7 heteroatoms. The minimum atomic E-state index is -0.292. The van der Waals surface area contributed by atoms with Gasteiger partial charge in [-0.3, -0.25) is 4.99 Å². The highest BCUT2D eigenvalue weighted by atomic mass is 127. The van der Waals surface area contributed by atoms with Crippen LogP contribution >= 0.6 is 24.0 Å². The monoisotopic (exact) mass is 470 g/mol. The van der Waals surface area contributed by atoms with Crippen LogP contribution < -0.4 is 15.4 Å². The molecule has 2 aromatic rings. The van der Waals surface area contributed by atoms with Crippen LogP contribution in [0.25, 0.3) is 0 Å². The molecule has 0 amide bonds. The van der Waals surface area contributed by atoms with Crippen molar-refractivity contribution in [2.24, 2.45) is 4.99 Å². The smallest absolute Gasteiger partial charge is 0.219 e. The molecule has 0 saturated heterocycles. The van der Waals surface area contributed by atoms with Gasteiger partial charge in [0.1, 0.15) is 11.6 Å². The number of nitrogens with one attached hydrogen (secondary N) is 2. The number of rotatable bonds is 5. The van der Waals surface area contributed by atoms with Gasteiger partial charge in [0.05, 0.1) is 0 Å². The molecule has 0 unspecified atom stereocenters. The maximum absolute atomic E-state index is 12.9. The van der Waals surface area contributed by atoms with E-state index in [1.807, 2.05) is 12.1 Å². The molecule has 1 aliphatic carbocycles. The van der Waals surface area contributed by atoms with Gasteiger partial charge in [0.15, 0.2) is 5.96 Å². The van der Waals surface area contributed by atoms with E-state index >= 15 is 0 Å². The van der Waals surface area contributed by atoms with E-state index in [0.717, 1.165) is 11.5 Å². The van der Waals surface area contributed by atoms with Crippen LogP contribution in [-0.2, 0) is 6.54 Å². The van der Waals surface area contributed by atoms with Gasteiger partial charge >= 0.3 is 0 Å². The Kier molecular flexibility index (Phi) is 8.08. The summed E-state index contributed by atoms with van der Waals surface area (Å²) in [6.07, 6.45) is 6.66. The van der Waals surface area contributed by atoms with Crippen molar-refractivity contribution < 1.29 is 9.13 Å². The highest BCUT2D eigenvalue weighted by molar-refractivity contribution is 14.0. The van der Waals surface area contributed by atoms with Gasteiger partial charge in [-0.1, -0.05) is 12.8 Å². The zero-order chi connectivity index (χ0) is 17.5. The number of hydrogen-bond donors (Lipinski definition) is 2. The molecule has 1 fully saturated rings. The first kappa shape index (κ1) is 20.4. The Hall–Kier alpha value is -1.90. The van der Waals surface area contributed by atoms with E-state index < -0.39 is 0 Å². The second-order valence-corrected chi connectivity index (χ2v) is 6.11. The van der Waals surface area contributed by atoms with E-state index in [1.165, 1.54) is 37.8 Å². The molecule has 0 spiro atoms. The van der Waals surface area contributed by atoms with Crippen molar-refractivity contribution in [2.75, 3.05) is 7.05 Å². The van der Waals surface area contributed by atoms with Crippen molar-refractivity contribution >= 4 is 29.9 Å². The molecule has 26 heavy (non-hydrogen) atoms. The Morgan fingerprint density at radius 3 is 2.65 bits per heavy atom. The van der Waals surface area contributed by atoms with Gasteiger partial charge < -0.3 is 15.4 Å². The van der Waals surface area contributed by atoms with E-state index in [1.54, 1.807) is 25.4 Å². The van der Waals surface area contributed by atoms with Crippen LogP contribution in [0.4, 0.5) is 4.39 Å². The van der Waals surface area contributed by atoms with E-state index in [2.05, 4.69) is 20.6 Å². The number of guanidine groups is 1. The number of hydrogen-bond acceptors (Lipinski definition) is 3. The van der Waals surface area contributed by atoms with E-state index in [4.69, 9.17) is 4.74 Å². The maximum Gasteiger partial charge on any atom is 0.219 e. The topological polar surface area (TPSA) is 58.5 Å². The fourth-order valence-corrected chi connectivity index (χ4v) is 2.88. The molecule has 0 bridgehead atoms. The van der Waals surface area contributed by atoms with Crippen LogP contribution in [-0.4, -0.2) is 24.0 Å². The Bertz CT molecular complexity index is 718. The zero-order valence-corrected chi connectivity index (χ0v) is 17.1. The van der Waals surface area contributed by atoms with Crippen LogP contribution in [0.1, 0.15) is 31.2 Å². The van der Waals surface area contributed by atoms with Crippen LogP contribution in [0.5, 0.6) is 11.6 Å². The number of benzene rings is 1. The lowest BCUT2D eigenvalue weighted by molar-refractivity contribution is 0.460.